The minimum absolute atomic E-state index is 0.0771. The number of nitrogens with zero attached hydrogens (tertiary/aromatic N) is 1. The van der Waals surface area contributed by atoms with Gasteiger partial charge in [-0.1, -0.05) is 18.2 Å². The molecule has 0 atom stereocenters. The van der Waals surface area contributed by atoms with Crippen molar-refractivity contribution in [2.24, 2.45) is 0 Å². The lowest BCUT2D eigenvalue weighted by Gasteiger charge is -2.01. The summed E-state index contributed by atoms with van der Waals surface area (Å²) in [5, 5.41) is 8.81. The van der Waals surface area contributed by atoms with E-state index in [1.165, 1.54) is 6.26 Å². The predicted octanol–water partition coefficient (Wildman–Crippen LogP) is 1.85. The Kier molecular flexibility index (Phi) is 4.19. The molecule has 3 aromatic rings. The van der Waals surface area contributed by atoms with Crippen LogP contribution in [0.5, 0.6) is 0 Å². The molecule has 8 nitrogen and oxygen atoms in total. The van der Waals surface area contributed by atoms with Crippen LogP contribution in [0.2, 0.25) is 0 Å². The van der Waals surface area contributed by atoms with E-state index in [0.717, 1.165) is 17.8 Å². The molecule has 0 aliphatic carbocycles. The van der Waals surface area contributed by atoms with E-state index >= 15 is 0 Å². The minimum Gasteiger partial charge on any atom is -0.477 e. The van der Waals surface area contributed by atoms with Crippen molar-refractivity contribution >= 4 is 16.0 Å². The van der Waals surface area contributed by atoms with Crippen molar-refractivity contribution in [3.63, 3.8) is 0 Å². The second-order valence-electron chi connectivity index (χ2n) is 4.89. The number of carboxylic acid groups (broad SMARTS) is 1. The molecule has 2 aromatic heterocycles. The molecule has 9 heteroatoms. The highest BCUT2D eigenvalue weighted by Crippen LogP contribution is 2.18. The molecule has 0 unspecified atom stereocenters. The van der Waals surface area contributed by atoms with Gasteiger partial charge in [-0.15, -0.1) is 0 Å². The number of carbonyl (C=O) groups is 1. The number of H-pyrrole nitrogens is 1. The number of hydrogen-bond donors (Lipinski definition) is 3. The van der Waals surface area contributed by atoms with E-state index in [1.54, 1.807) is 0 Å². The Morgan fingerprint density at radius 3 is 2.71 bits per heavy atom. The van der Waals surface area contributed by atoms with Gasteiger partial charge in [0.2, 0.25) is 15.9 Å². The summed E-state index contributed by atoms with van der Waals surface area (Å²) in [7, 11) is -3.85. The van der Waals surface area contributed by atoms with Crippen LogP contribution in [0.1, 0.15) is 16.2 Å². The number of rotatable bonds is 6. The molecule has 0 saturated heterocycles. The number of aromatic nitrogens is 2. The first-order valence-electron chi connectivity index (χ1n) is 6.87. The lowest BCUT2D eigenvalue weighted by molar-refractivity contribution is 0.0691. The number of sulfonamides is 1. The van der Waals surface area contributed by atoms with Gasteiger partial charge in [0, 0.05) is 11.8 Å². The minimum atomic E-state index is -3.85. The first kappa shape index (κ1) is 16.0. The Morgan fingerprint density at radius 1 is 1.29 bits per heavy atom. The molecule has 0 saturated carbocycles. The molecule has 0 aliphatic rings. The van der Waals surface area contributed by atoms with Crippen molar-refractivity contribution in [3.8, 4) is 11.5 Å². The fourth-order valence-corrected chi connectivity index (χ4v) is 3.00. The van der Waals surface area contributed by atoms with Gasteiger partial charge in [-0.05, 0) is 18.2 Å². The molecule has 0 spiro atoms. The SMILES string of the molecule is O=C(O)c1cc(S(=O)(=O)NCc2coc(-c3ccccc3)n2)c[nH]1. The van der Waals surface area contributed by atoms with Crippen LogP contribution in [0.15, 0.2) is 58.2 Å². The molecule has 0 fully saturated rings. The van der Waals surface area contributed by atoms with Crippen LogP contribution in [-0.4, -0.2) is 29.5 Å². The summed E-state index contributed by atoms with van der Waals surface area (Å²) >= 11 is 0. The van der Waals surface area contributed by atoms with Gasteiger partial charge < -0.3 is 14.5 Å². The van der Waals surface area contributed by atoms with E-state index in [9.17, 15) is 13.2 Å². The van der Waals surface area contributed by atoms with Crippen molar-refractivity contribution in [1.82, 2.24) is 14.7 Å². The highest BCUT2D eigenvalue weighted by atomic mass is 32.2. The summed E-state index contributed by atoms with van der Waals surface area (Å²) in [4.78, 5) is 17.2. The maximum atomic E-state index is 12.1. The second-order valence-corrected chi connectivity index (χ2v) is 6.66. The Balaban J connectivity index is 1.71. The van der Waals surface area contributed by atoms with Crippen molar-refractivity contribution < 1.29 is 22.7 Å². The second kappa shape index (κ2) is 6.30. The summed E-state index contributed by atoms with van der Waals surface area (Å²) < 4.78 is 31.9. The fraction of sp³-hybridized carbons (Fsp3) is 0.0667. The van der Waals surface area contributed by atoms with Crippen molar-refractivity contribution in [2.45, 2.75) is 11.4 Å². The van der Waals surface area contributed by atoms with Crippen LogP contribution in [0.4, 0.5) is 0 Å². The number of oxazole rings is 1. The third-order valence-electron chi connectivity index (χ3n) is 3.21. The lowest BCUT2D eigenvalue weighted by atomic mass is 10.2. The lowest BCUT2D eigenvalue weighted by Crippen LogP contribution is -2.23. The molecule has 124 valence electrons. The van der Waals surface area contributed by atoms with Crippen LogP contribution in [-0.2, 0) is 16.6 Å². The van der Waals surface area contributed by atoms with Gasteiger partial charge in [0.1, 0.15) is 16.9 Å². The third kappa shape index (κ3) is 3.36. The summed E-state index contributed by atoms with van der Waals surface area (Å²) in [6, 6.07) is 10.2. The number of nitrogens with one attached hydrogen (secondary N) is 2. The number of aromatic amines is 1. The smallest absolute Gasteiger partial charge is 0.352 e. The van der Waals surface area contributed by atoms with Gasteiger partial charge in [0.15, 0.2) is 0 Å². The van der Waals surface area contributed by atoms with E-state index in [2.05, 4.69) is 14.7 Å². The summed E-state index contributed by atoms with van der Waals surface area (Å²) in [6.07, 6.45) is 2.48. The molecule has 1 aromatic carbocycles. The molecule has 0 aliphatic heterocycles. The van der Waals surface area contributed by atoms with Crippen LogP contribution < -0.4 is 4.72 Å². The molecule has 24 heavy (non-hydrogen) atoms. The van der Waals surface area contributed by atoms with E-state index in [0.29, 0.717) is 11.6 Å². The summed E-state index contributed by atoms with van der Waals surface area (Å²) in [5.74, 6) is -0.847. The average molecular weight is 347 g/mol. The highest BCUT2D eigenvalue weighted by molar-refractivity contribution is 7.89. The van der Waals surface area contributed by atoms with E-state index in [-0.39, 0.29) is 17.1 Å². The standard InChI is InChI=1S/C15H13N3O5S/c19-15(20)13-6-12(8-16-13)24(21,22)17-7-11-9-23-14(18-11)10-4-2-1-3-5-10/h1-6,8-9,16-17H,7H2,(H,19,20). The van der Waals surface area contributed by atoms with Gasteiger partial charge in [0.05, 0.1) is 12.2 Å². The molecule has 3 rings (SSSR count). The Morgan fingerprint density at radius 2 is 2.04 bits per heavy atom. The largest absolute Gasteiger partial charge is 0.477 e. The van der Waals surface area contributed by atoms with E-state index in [4.69, 9.17) is 9.52 Å². The fourth-order valence-electron chi connectivity index (χ4n) is 2.01. The molecule has 0 bridgehead atoms. The molecular weight excluding hydrogens is 334 g/mol. The highest BCUT2D eigenvalue weighted by Gasteiger charge is 2.18. The third-order valence-corrected chi connectivity index (χ3v) is 4.59. The number of aromatic carboxylic acids is 1. The average Bonchev–Trinajstić information content (AvgIpc) is 3.24. The van der Waals surface area contributed by atoms with Gasteiger partial charge >= 0.3 is 5.97 Å². The topological polar surface area (TPSA) is 125 Å². The molecular formula is C15H13N3O5S. The zero-order chi connectivity index (χ0) is 17.2. The van der Waals surface area contributed by atoms with Crippen molar-refractivity contribution in [1.29, 1.82) is 0 Å². The number of benzene rings is 1. The first-order valence-corrected chi connectivity index (χ1v) is 8.35. The number of carboxylic acids is 1. The maximum Gasteiger partial charge on any atom is 0.352 e. The zero-order valence-corrected chi connectivity index (χ0v) is 13.1. The van der Waals surface area contributed by atoms with Gasteiger partial charge in [0.25, 0.3) is 0 Å². The zero-order valence-electron chi connectivity index (χ0n) is 12.3. The molecule has 2 heterocycles. The van der Waals surface area contributed by atoms with Crippen molar-refractivity contribution in [3.05, 3.63) is 60.2 Å². The van der Waals surface area contributed by atoms with Gasteiger partial charge in [-0.25, -0.2) is 22.9 Å². The Labute approximate surface area is 137 Å². The Hall–Kier alpha value is -2.91. The molecule has 3 N–H and O–H groups in total. The maximum absolute atomic E-state index is 12.1. The number of hydrogen-bond acceptors (Lipinski definition) is 5. The monoisotopic (exact) mass is 347 g/mol. The first-order chi connectivity index (χ1) is 11.5. The van der Waals surface area contributed by atoms with Gasteiger partial charge in [-0.2, -0.15) is 0 Å². The normalized spacial score (nSPS) is 11.5. The van der Waals surface area contributed by atoms with E-state index < -0.39 is 16.0 Å². The predicted molar refractivity (Wildman–Crippen MR) is 83.7 cm³/mol. The molecule has 0 radical (unpaired) electrons. The van der Waals surface area contributed by atoms with Crippen LogP contribution in [0.3, 0.4) is 0 Å². The molecule has 0 amide bonds. The quantitative estimate of drug-likeness (QED) is 0.625. The summed E-state index contributed by atoms with van der Waals surface area (Å²) in [5.41, 5.74) is 0.984. The van der Waals surface area contributed by atoms with Crippen LogP contribution >= 0.6 is 0 Å². The summed E-state index contributed by atoms with van der Waals surface area (Å²) in [6.45, 7) is -0.0771. The van der Waals surface area contributed by atoms with E-state index in [1.807, 2.05) is 30.3 Å². The van der Waals surface area contributed by atoms with Gasteiger partial charge in [-0.3, -0.25) is 0 Å². The van der Waals surface area contributed by atoms with Crippen molar-refractivity contribution in [2.75, 3.05) is 0 Å². The van der Waals surface area contributed by atoms with Crippen LogP contribution in [0.25, 0.3) is 11.5 Å². The van der Waals surface area contributed by atoms with Crippen LogP contribution in [0, 0.1) is 0 Å². The Bertz CT molecular complexity index is 960.